The van der Waals surface area contributed by atoms with Gasteiger partial charge in [-0.05, 0) is 42.3 Å². The number of benzene rings is 2. The number of aromatic nitrogens is 2. The number of amides is 1. The van der Waals surface area contributed by atoms with E-state index in [-0.39, 0.29) is 12.0 Å². The van der Waals surface area contributed by atoms with Crippen LogP contribution in [0.5, 0.6) is 5.75 Å². The first-order valence-electron chi connectivity index (χ1n) is 8.87. The van der Waals surface area contributed by atoms with Gasteiger partial charge in [0.05, 0.1) is 6.20 Å². The van der Waals surface area contributed by atoms with Crippen LogP contribution in [0.2, 0.25) is 0 Å². The highest BCUT2D eigenvalue weighted by molar-refractivity contribution is 5.95. The van der Waals surface area contributed by atoms with Crippen LogP contribution in [0.3, 0.4) is 0 Å². The number of rotatable bonds is 5. The molecule has 1 aromatic heterocycles. The summed E-state index contributed by atoms with van der Waals surface area (Å²) in [6, 6.07) is 13.4. The van der Waals surface area contributed by atoms with Gasteiger partial charge in [0.1, 0.15) is 17.7 Å². The molecule has 136 valence electrons. The fourth-order valence-electron chi connectivity index (χ4n) is 3.12. The smallest absolute Gasteiger partial charge is 0.251 e. The van der Waals surface area contributed by atoms with E-state index in [0.29, 0.717) is 17.9 Å². The lowest BCUT2D eigenvalue weighted by Crippen LogP contribution is -2.22. The van der Waals surface area contributed by atoms with E-state index in [1.807, 2.05) is 24.3 Å². The quantitative estimate of drug-likeness (QED) is 0.729. The van der Waals surface area contributed by atoms with Crippen LogP contribution < -0.4 is 15.4 Å². The molecule has 1 unspecified atom stereocenters. The molecule has 27 heavy (non-hydrogen) atoms. The van der Waals surface area contributed by atoms with E-state index in [0.717, 1.165) is 23.4 Å². The topological polar surface area (TPSA) is 76.1 Å². The summed E-state index contributed by atoms with van der Waals surface area (Å²) in [5.41, 5.74) is 3.63. The van der Waals surface area contributed by atoms with Crippen molar-refractivity contribution in [1.29, 1.82) is 0 Å². The van der Waals surface area contributed by atoms with Gasteiger partial charge in [0, 0.05) is 36.6 Å². The van der Waals surface area contributed by atoms with Gasteiger partial charge in [0.25, 0.3) is 5.91 Å². The van der Waals surface area contributed by atoms with Gasteiger partial charge in [-0.3, -0.25) is 9.78 Å². The molecule has 2 heterocycles. The Labute approximate surface area is 157 Å². The van der Waals surface area contributed by atoms with Gasteiger partial charge >= 0.3 is 0 Å². The van der Waals surface area contributed by atoms with Crippen molar-refractivity contribution < 1.29 is 9.53 Å². The van der Waals surface area contributed by atoms with Gasteiger partial charge in [-0.15, -0.1) is 0 Å². The summed E-state index contributed by atoms with van der Waals surface area (Å²) in [6.45, 7) is 2.53. The molecule has 0 fully saturated rings. The summed E-state index contributed by atoms with van der Waals surface area (Å²) in [4.78, 5) is 20.7. The van der Waals surface area contributed by atoms with Gasteiger partial charge in [0.2, 0.25) is 0 Å². The van der Waals surface area contributed by atoms with Crippen molar-refractivity contribution in [2.75, 3.05) is 5.32 Å². The second-order valence-corrected chi connectivity index (χ2v) is 6.55. The van der Waals surface area contributed by atoms with Crippen LogP contribution in [0.1, 0.15) is 28.4 Å². The van der Waals surface area contributed by atoms with Crippen molar-refractivity contribution >= 4 is 17.4 Å². The summed E-state index contributed by atoms with van der Waals surface area (Å²) in [6.07, 6.45) is 5.98. The maximum absolute atomic E-state index is 12.5. The molecule has 2 aromatic carbocycles. The number of nitrogens with zero attached hydrogens (tertiary/aromatic N) is 2. The van der Waals surface area contributed by atoms with Crippen molar-refractivity contribution in [2.45, 2.75) is 26.0 Å². The van der Waals surface area contributed by atoms with Crippen molar-refractivity contribution in [3.8, 4) is 5.75 Å². The third-order valence-corrected chi connectivity index (χ3v) is 4.37. The van der Waals surface area contributed by atoms with E-state index >= 15 is 0 Å². The maximum Gasteiger partial charge on any atom is 0.251 e. The van der Waals surface area contributed by atoms with Gasteiger partial charge < -0.3 is 15.4 Å². The molecule has 2 N–H and O–H groups in total. The van der Waals surface area contributed by atoms with Crippen LogP contribution >= 0.6 is 0 Å². The van der Waals surface area contributed by atoms with E-state index in [1.165, 1.54) is 5.56 Å². The molecular formula is C21H20N4O2. The van der Waals surface area contributed by atoms with E-state index in [1.54, 1.807) is 30.7 Å². The number of carbonyl (C=O) groups is 1. The Hall–Kier alpha value is -3.41. The number of hydrogen-bond donors (Lipinski definition) is 2. The highest BCUT2D eigenvalue weighted by Crippen LogP contribution is 2.29. The van der Waals surface area contributed by atoms with Crippen LogP contribution in [0.4, 0.5) is 11.5 Å². The third kappa shape index (κ3) is 4.06. The zero-order valence-electron chi connectivity index (χ0n) is 15.0. The highest BCUT2D eigenvalue weighted by Gasteiger charge is 2.19. The first-order chi connectivity index (χ1) is 13.2. The highest BCUT2D eigenvalue weighted by atomic mass is 16.5. The van der Waals surface area contributed by atoms with E-state index < -0.39 is 0 Å². The van der Waals surface area contributed by atoms with Crippen molar-refractivity contribution in [1.82, 2.24) is 15.3 Å². The molecule has 0 spiro atoms. The Morgan fingerprint density at radius 1 is 1.22 bits per heavy atom. The Kier molecular flexibility index (Phi) is 4.70. The monoisotopic (exact) mass is 360 g/mol. The number of anilines is 2. The lowest BCUT2D eigenvalue weighted by molar-refractivity contribution is 0.0951. The van der Waals surface area contributed by atoms with Gasteiger partial charge in [-0.2, -0.15) is 0 Å². The number of carbonyl (C=O) groups excluding carboxylic acids is 1. The minimum Gasteiger partial charge on any atom is -0.490 e. The van der Waals surface area contributed by atoms with Crippen LogP contribution in [0.25, 0.3) is 0 Å². The van der Waals surface area contributed by atoms with Crippen molar-refractivity contribution in [3.63, 3.8) is 0 Å². The lowest BCUT2D eigenvalue weighted by Gasteiger charge is -2.09. The largest absolute Gasteiger partial charge is 0.490 e. The van der Waals surface area contributed by atoms with Crippen LogP contribution in [-0.2, 0) is 13.0 Å². The predicted octanol–water partition coefficient (Wildman–Crippen LogP) is 3.47. The molecule has 6 heteroatoms. The van der Waals surface area contributed by atoms with Crippen molar-refractivity contribution in [3.05, 3.63) is 77.7 Å². The fourth-order valence-corrected chi connectivity index (χ4v) is 3.12. The molecule has 1 aliphatic heterocycles. The van der Waals surface area contributed by atoms with E-state index in [4.69, 9.17) is 4.74 Å². The average molecular weight is 360 g/mol. The molecule has 4 rings (SSSR count). The minimum atomic E-state index is -0.122. The fraction of sp³-hybridized carbons (Fsp3) is 0.190. The third-order valence-electron chi connectivity index (χ3n) is 4.37. The van der Waals surface area contributed by atoms with Crippen LogP contribution in [-0.4, -0.2) is 22.0 Å². The molecule has 0 aliphatic carbocycles. The van der Waals surface area contributed by atoms with Crippen molar-refractivity contribution in [2.24, 2.45) is 0 Å². The number of fused-ring (bicyclic) bond motifs is 1. The van der Waals surface area contributed by atoms with Gasteiger partial charge in [-0.25, -0.2) is 4.98 Å². The first-order valence-corrected chi connectivity index (χ1v) is 8.87. The van der Waals surface area contributed by atoms with E-state index in [9.17, 15) is 4.79 Å². The molecule has 1 aliphatic rings. The Bertz CT molecular complexity index is 959. The molecule has 0 saturated heterocycles. The Morgan fingerprint density at radius 3 is 3.00 bits per heavy atom. The molecule has 0 bridgehead atoms. The summed E-state index contributed by atoms with van der Waals surface area (Å²) >= 11 is 0. The minimum absolute atomic E-state index is 0.122. The molecule has 6 nitrogen and oxygen atoms in total. The summed E-state index contributed by atoms with van der Waals surface area (Å²) in [5.74, 6) is 1.45. The maximum atomic E-state index is 12.5. The average Bonchev–Trinajstić information content (AvgIpc) is 3.06. The normalized spacial score (nSPS) is 14.9. The molecule has 1 atom stereocenters. The van der Waals surface area contributed by atoms with E-state index in [2.05, 4.69) is 33.6 Å². The number of ether oxygens (including phenoxy) is 1. The standard InChI is InChI=1S/C21H20N4O2/c1-14-9-17-10-15(5-6-19(17)27-14)12-24-21(26)16-3-2-4-18(11-16)25-20-13-22-7-8-23-20/h2-8,10-11,13-14H,9,12H2,1H3,(H,23,25)(H,24,26). The molecular weight excluding hydrogens is 340 g/mol. The molecule has 1 amide bonds. The summed E-state index contributed by atoms with van der Waals surface area (Å²) in [5, 5.41) is 6.11. The summed E-state index contributed by atoms with van der Waals surface area (Å²) in [7, 11) is 0. The molecule has 0 saturated carbocycles. The first kappa shape index (κ1) is 17.0. The number of nitrogens with one attached hydrogen (secondary N) is 2. The number of hydrogen-bond acceptors (Lipinski definition) is 5. The summed E-state index contributed by atoms with van der Waals surface area (Å²) < 4.78 is 5.71. The van der Waals surface area contributed by atoms with Gasteiger partial charge in [-0.1, -0.05) is 18.2 Å². The Morgan fingerprint density at radius 2 is 2.15 bits per heavy atom. The lowest BCUT2D eigenvalue weighted by atomic mass is 10.1. The predicted molar refractivity (Wildman–Crippen MR) is 103 cm³/mol. The Balaban J connectivity index is 1.40. The van der Waals surface area contributed by atoms with Crippen LogP contribution in [0.15, 0.2) is 61.1 Å². The second-order valence-electron chi connectivity index (χ2n) is 6.55. The molecule has 3 aromatic rings. The molecule has 0 radical (unpaired) electrons. The van der Waals surface area contributed by atoms with Gasteiger partial charge in [0.15, 0.2) is 0 Å². The van der Waals surface area contributed by atoms with Crippen LogP contribution in [0, 0.1) is 0 Å². The zero-order valence-corrected chi connectivity index (χ0v) is 15.0. The second kappa shape index (κ2) is 7.45. The SMILES string of the molecule is CC1Cc2cc(CNC(=O)c3cccc(Nc4cnccn4)c3)ccc2O1. The zero-order chi connectivity index (χ0) is 18.6.